The zero-order valence-corrected chi connectivity index (χ0v) is 7.81. The molecule has 0 aromatic heterocycles. The summed E-state index contributed by atoms with van der Waals surface area (Å²) in [6.07, 6.45) is 0.473. The maximum atomic E-state index is 10.5. The maximum Gasteiger partial charge on any atom is 0.310 e. The number of hydrogen-bond donors (Lipinski definition) is 0. The molecular weight excluding hydrogens is 180 g/mol. The molecular formula is C11H12O3. The van der Waals surface area contributed by atoms with Crippen molar-refractivity contribution in [3.63, 3.8) is 0 Å². The number of rotatable bonds is 4. The molecule has 1 aromatic carbocycles. The number of carbonyl (C=O) groups is 1. The number of esters is 1. The number of hydrogen-bond acceptors (Lipinski definition) is 3. The SMILES string of the molecule is O=C1C[C@H](COCc2ccccc2)O1. The van der Waals surface area contributed by atoms with Crippen LogP contribution in [0.2, 0.25) is 0 Å². The van der Waals surface area contributed by atoms with Crippen LogP contribution in [0.4, 0.5) is 0 Å². The van der Waals surface area contributed by atoms with Crippen LogP contribution in [-0.2, 0) is 20.9 Å². The smallest absolute Gasteiger partial charge is 0.310 e. The third-order valence-corrected chi connectivity index (χ3v) is 2.11. The summed E-state index contributed by atoms with van der Waals surface area (Å²) >= 11 is 0. The van der Waals surface area contributed by atoms with Crippen molar-refractivity contribution in [2.24, 2.45) is 0 Å². The van der Waals surface area contributed by atoms with Crippen molar-refractivity contribution in [2.45, 2.75) is 19.1 Å². The number of ether oxygens (including phenoxy) is 2. The van der Waals surface area contributed by atoms with Crippen molar-refractivity contribution >= 4 is 5.97 Å². The first kappa shape index (κ1) is 9.21. The predicted molar refractivity (Wildman–Crippen MR) is 50.6 cm³/mol. The largest absolute Gasteiger partial charge is 0.459 e. The van der Waals surface area contributed by atoms with Crippen molar-refractivity contribution in [1.29, 1.82) is 0 Å². The molecule has 1 fully saturated rings. The first-order valence-electron chi connectivity index (χ1n) is 4.66. The summed E-state index contributed by atoms with van der Waals surface area (Å²) in [7, 11) is 0. The van der Waals surface area contributed by atoms with E-state index in [0.717, 1.165) is 5.56 Å². The monoisotopic (exact) mass is 192 g/mol. The zero-order chi connectivity index (χ0) is 9.80. The highest BCUT2D eigenvalue weighted by atomic mass is 16.6. The summed E-state index contributed by atoms with van der Waals surface area (Å²) < 4.78 is 10.2. The summed E-state index contributed by atoms with van der Waals surface area (Å²) in [6.45, 7) is 1.08. The molecule has 1 aliphatic heterocycles. The summed E-state index contributed by atoms with van der Waals surface area (Å²) in [4.78, 5) is 10.5. The Morgan fingerprint density at radius 3 is 2.71 bits per heavy atom. The Hall–Kier alpha value is -1.35. The van der Waals surface area contributed by atoms with E-state index in [1.165, 1.54) is 0 Å². The van der Waals surface area contributed by atoms with E-state index in [9.17, 15) is 4.79 Å². The zero-order valence-electron chi connectivity index (χ0n) is 7.81. The van der Waals surface area contributed by atoms with Crippen molar-refractivity contribution in [2.75, 3.05) is 6.61 Å². The highest BCUT2D eigenvalue weighted by molar-refractivity contribution is 5.75. The highest BCUT2D eigenvalue weighted by Gasteiger charge is 2.28. The molecule has 3 heteroatoms. The van der Waals surface area contributed by atoms with E-state index >= 15 is 0 Å². The van der Waals surface area contributed by atoms with Crippen LogP contribution >= 0.6 is 0 Å². The molecule has 1 heterocycles. The first-order chi connectivity index (χ1) is 6.84. The second-order valence-electron chi connectivity index (χ2n) is 3.32. The van der Waals surface area contributed by atoms with Gasteiger partial charge in [-0.2, -0.15) is 0 Å². The molecule has 0 aliphatic carbocycles. The summed E-state index contributed by atoms with van der Waals surface area (Å²) in [5, 5.41) is 0. The van der Waals surface area contributed by atoms with Gasteiger partial charge in [-0.25, -0.2) is 0 Å². The fourth-order valence-electron chi connectivity index (χ4n) is 1.34. The highest BCUT2D eigenvalue weighted by Crippen LogP contribution is 2.13. The van der Waals surface area contributed by atoms with Crippen LogP contribution in [0.25, 0.3) is 0 Å². The van der Waals surface area contributed by atoms with E-state index in [0.29, 0.717) is 19.6 Å². The molecule has 0 spiro atoms. The molecule has 0 saturated carbocycles. The van der Waals surface area contributed by atoms with Gasteiger partial charge in [-0.3, -0.25) is 4.79 Å². The van der Waals surface area contributed by atoms with Gasteiger partial charge in [0.2, 0.25) is 0 Å². The minimum Gasteiger partial charge on any atom is -0.459 e. The molecule has 74 valence electrons. The predicted octanol–water partition coefficient (Wildman–Crippen LogP) is 1.52. The Kier molecular flexibility index (Phi) is 2.79. The van der Waals surface area contributed by atoms with Gasteiger partial charge in [-0.15, -0.1) is 0 Å². The van der Waals surface area contributed by atoms with Crippen LogP contribution in [0.5, 0.6) is 0 Å². The molecule has 1 aromatic rings. The lowest BCUT2D eigenvalue weighted by Gasteiger charge is -2.24. The van der Waals surface area contributed by atoms with Crippen LogP contribution in [0.3, 0.4) is 0 Å². The van der Waals surface area contributed by atoms with Gasteiger partial charge in [0.1, 0.15) is 6.10 Å². The molecule has 14 heavy (non-hydrogen) atoms. The lowest BCUT2D eigenvalue weighted by atomic mass is 10.2. The van der Waals surface area contributed by atoms with Crippen molar-refractivity contribution in [3.05, 3.63) is 35.9 Å². The number of cyclic esters (lactones) is 1. The lowest BCUT2D eigenvalue weighted by molar-refractivity contribution is -0.175. The van der Waals surface area contributed by atoms with Crippen LogP contribution in [0, 0.1) is 0 Å². The van der Waals surface area contributed by atoms with Crippen molar-refractivity contribution in [1.82, 2.24) is 0 Å². The van der Waals surface area contributed by atoms with E-state index < -0.39 is 0 Å². The minimum absolute atomic E-state index is 0.0220. The third-order valence-electron chi connectivity index (χ3n) is 2.11. The van der Waals surface area contributed by atoms with Crippen LogP contribution < -0.4 is 0 Å². The fourth-order valence-corrected chi connectivity index (χ4v) is 1.34. The van der Waals surface area contributed by atoms with Gasteiger partial charge in [0.05, 0.1) is 19.6 Å². The van der Waals surface area contributed by atoms with Gasteiger partial charge in [-0.05, 0) is 5.56 Å². The molecule has 0 bridgehead atoms. The van der Waals surface area contributed by atoms with Gasteiger partial charge >= 0.3 is 5.97 Å². The second kappa shape index (κ2) is 4.24. The van der Waals surface area contributed by atoms with Gasteiger partial charge in [0, 0.05) is 0 Å². The lowest BCUT2D eigenvalue weighted by Crippen LogP contribution is -2.36. The molecule has 1 aliphatic rings. The third kappa shape index (κ3) is 2.33. The Labute approximate surface area is 82.6 Å². The molecule has 1 atom stereocenters. The standard InChI is InChI=1S/C11H12O3/c12-11-6-10(14-11)8-13-7-9-4-2-1-3-5-9/h1-5,10H,6-8H2/t10-/m1/s1. The first-order valence-corrected chi connectivity index (χ1v) is 4.66. The van der Waals surface area contributed by atoms with Gasteiger partial charge < -0.3 is 9.47 Å². The van der Waals surface area contributed by atoms with Gasteiger partial charge in [-0.1, -0.05) is 30.3 Å². The summed E-state index contributed by atoms with van der Waals surface area (Å²) in [6, 6.07) is 9.93. The fraction of sp³-hybridized carbons (Fsp3) is 0.364. The van der Waals surface area contributed by atoms with Gasteiger partial charge in [0.15, 0.2) is 0 Å². The quantitative estimate of drug-likeness (QED) is 0.678. The van der Waals surface area contributed by atoms with Crippen LogP contribution in [0.15, 0.2) is 30.3 Å². The molecule has 0 amide bonds. The molecule has 1 saturated heterocycles. The van der Waals surface area contributed by atoms with Crippen molar-refractivity contribution < 1.29 is 14.3 Å². The molecule has 0 radical (unpaired) electrons. The Balaban J connectivity index is 1.66. The molecule has 0 N–H and O–H groups in total. The Bertz CT molecular complexity index is 300. The van der Waals surface area contributed by atoms with E-state index in [4.69, 9.17) is 9.47 Å². The summed E-state index contributed by atoms with van der Waals surface area (Å²) in [5.74, 6) is -0.127. The van der Waals surface area contributed by atoms with Crippen LogP contribution in [-0.4, -0.2) is 18.7 Å². The van der Waals surface area contributed by atoms with E-state index in [2.05, 4.69) is 0 Å². The van der Waals surface area contributed by atoms with Gasteiger partial charge in [0.25, 0.3) is 0 Å². The number of benzene rings is 1. The van der Waals surface area contributed by atoms with E-state index in [1.807, 2.05) is 30.3 Å². The molecule has 0 unspecified atom stereocenters. The number of carbonyl (C=O) groups excluding carboxylic acids is 1. The summed E-state index contributed by atoms with van der Waals surface area (Å²) in [5.41, 5.74) is 1.14. The molecule has 2 rings (SSSR count). The minimum atomic E-state index is -0.127. The average Bonchev–Trinajstić information content (AvgIpc) is 2.17. The Morgan fingerprint density at radius 1 is 1.36 bits per heavy atom. The van der Waals surface area contributed by atoms with Crippen molar-refractivity contribution in [3.8, 4) is 0 Å². The maximum absolute atomic E-state index is 10.5. The normalized spacial score (nSPS) is 20.0. The second-order valence-corrected chi connectivity index (χ2v) is 3.32. The molecule has 3 nitrogen and oxygen atoms in total. The average molecular weight is 192 g/mol. The van der Waals surface area contributed by atoms with Crippen LogP contribution in [0.1, 0.15) is 12.0 Å². The topological polar surface area (TPSA) is 35.5 Å². The van der Waals surface area contributed by atoms with E-state index in [-0.39, 0.29) is 12.1 Å². The Morgan fingerprint density at radius 2 is 2.07 bits per heavy atom. The van der Waals surface area contributed by atoms with E-state index in [1.54, 1.807) is 0 Å².